The summed E-state index contributed by atoms with van der Waals surface area (Å²) in [6, 6.07) is 7.68. The van der Waals surface area contributed by atoms with E-state index in [0.29, 0.717) is 5.56 Å². The summed E-state index contributed by atoms with van der Waals surface area (Å²) in [4.78, 5) is 12.8. The number of hydrogen-bond acceptors (Lipinski definition) is 6. The van der Waals surface area contributed by atoms with Crippen LogP contribution in [0.5, 0.6) is 0 Å². The molecule has 1 aromatic rings. The molecule has 0 aliphatic carbocycles. The summed E-state index contributed by atoms with van der Waals surface area (Å²) in [6.07, 6.45) is 0. The standard InChI is InChI=1S/C13H16N2O4S/c1-15(10-13(16)19-2)7-8-20(17,18)12-5-3-11(9-14)4-6-12/h3-6H,7-8,10H2,1-2H3. The normalized spacial score (nSPS) is 11.1. The Morgan fingerprint density at radius 2 is 1.95 bits per heavy atom. The highest BCUT2D eigenvalue weighted by molar-refractivity contribution is 7.91. The van der Waals surface area contributed by atoms with Gasteiger partial charge in [0, 0.05) is 6.54 Å². The predicted molar refractivity (Wildman–Crippen MR) is 72.7 cm³/mol. The van der Waals surface area contributed by atoms with E-state index in [1.165, 1.54) is 31.4 Å². The smallest absolute Gasteiger partial charge is 0.319 e. The lowest BCUT2D eigenvalue weighted by molar-refractivity contribution is -0.141. The number of methoxy groups -OCH3 is 1. The molecule has 0 fully saturated rings. The van der Waals surface area contributed by atoms with E-state index in [-0.39, 0.29) is 23.7 Å². The Bertz CT molecular complexity index is 602. The summed E-state index contributed by atoms with van der Waals surface area (Å²) in [6.45, 7) is 0.261. The molecule has 0 atom stereocenters. The van der Waals surface area contributed by atoms with E-state index in [0.717, 1.165) is 0 Å². The Hall–Kier alpha value is -1.91. The second-order valence-electron chi connectivity index (χ2n) is 4.27. The lowest BCUT2D eigenvalue weighted by Crippen LogP contribution is -2.31. The van der Waals surface area contributed by atoms with Gasteiger partial charge >= 0.3 is 5.97 Å². The first kappa shape index (κ1) is 16.1. The first-order valence-corrected chi connectivity index (χ1v) is 7.52. The van der Waals surface area contributed by atoms with Crippen molar-refractivity contribution >= 4 is 15.8 Å². The maximum atomic E-state index is 12.1. The number of likely N-dealkylation sites (N-methyl/N-ethyl adjacent to an activating group) is 1. The van der Waals surface area contributed by atoms with Crippen LogP contribution < -0.4 is 0 Å². The average Bonchev–Trinajstić information content (AvgIpc) is 2.45. The van der Waals surface area contributed by atoms with Gasteiger partial charge in [0.05, 0.1) is 35.9 Å². The highest BCUT2D eigenvalue weighted by Gasteiger charge is 2.16. The monoisotopic (exact) mass is 296 g/mol. The molecule has 6 nitrogen and oxygen atoms in total. The van der Waals surface area contributed by atoms with Crippen LogP contribution in [0.1, 0.15) is 5.56 Å². The minimum absolute atomic E-state index is 0.0411. The summed E-state index contributed by atoms with van der Waals surface area (Å²) in [7, 11) is -0.501. The molecule has 20 heavy (non-hydrogen) atoms. The van der Waals surface area contributed by atoms with Crippen LogP contribution in [0.2, 0.25) is 0 Å². The Kier molecular flexibility index (Phi) is 5.67. The molecule has 108 valence electrons. The van der Waals surface area contributed by atoms with Crippen LogP contribution in [0.3, 0.4) is 0 Å². The Morgan fingerprint density at radius 3 is 2.45 bits per heavy atom. The van der Waals surface area contributed by atoms with Gasteiger partial charge in [0.2, 0.25) is 0 Å². The zero-order valence-corrected chi connectivity index (χ0v) is 12.2. The van der Waals surface area contributed by atoms with Crippen molar-refractivity contribution in [3.63, 3.8) is 0 Å². The average molecular weight is 296 g/mol. The van der Waals surface area contributed by atoms with Gasteiger partial charge in [-0.15, -0.1) is 0 Å². The zero-order valence-electron chi connectivity index (χ0n) is 11.4. The number of benzene rings is 1. The second kappa shape index (κ2) is 7.03. The largest absolute Gasteiger partial charge is 0.468 e. The summed E-state index contributed by atoms with van der Waals surface area (Å²) in [5.41, 5.74) is 0.409. The van der Waals surface area contributed by atoms with Gasteiger partial charge in [0.15, 0.2) is 9.84 Å². The molecule has 0 heterocycles. The minimum atomic E-state index is -3.43. The Labute approximate surface area is 118 Å². The van der Waals surface area contributed by atoms with Crippen molar-refractivity contribution in [2.45, 2.75) is 4.90 Å². The van der Waals surface area contributed by atoms with E-state index in [9.17, 15) is 13.2 Å². The molecular formula is C13H16N2O4S. The molecule has 7 heteroatoms. The number of carbonyl (C=O) groups is 1. The van der Waals surface area contributed by atoms with Crippen molar-refractivity contribution in [1.29, 1.82) is 5.26 Å². The van der Waals surface area contributed by atoms with E-state index < -0.39 is 15.8 Å². The molecule has 1 rings (SSSR count). The van der Waals surface area contributed by atoms with Crippen LogP contribution in [0.15, 0.2) is 29.2 Å². The van der Waals surface area contributed by atoms with Crippen LogP contribution in [-0.2, 0) is 19.4 Å². The van der Waals surface area contributed by atoms with Gasteiger partial charge in [-0.25, -0.2) is 8.42 Å². The maximum Gasteiger partial charge on any atom is 0.319 e. The van der Waals surface area contributed by atoms with Crippen LogP contribution in [-0.4, -0.2) is 52.3 Å². The summed E-state index contributed by atoms with van der Waals surface area (Å²) < 4.78 is 28.6. The number of carbonyl (C=O) groups excluding carboxylic acids is 1. The van der Waals surface area contributed by atoms with Gasteiger partial charge < -0.3 is 4.74 Å². The van der Waals surface area contributed by atoms with Gasteiger partial charge in [-0.2, -0.15) is 5.26 Å². The summed E-state index contributed by atoms with van der Waals surface area (Å²) in [5, 5.41) is 8.66. The van der Waals surface area contributed by atoms with Crippen LogP contribution in [0, 0.1) is 11.3 Å². The summed E-state index contributed by atoms with van der Waals surface area (Å²) in [5.74, 6) is -0.518. The molecule has 0 saturated heterocycles. The molecule has 1 aromatic carbocycles. The molecule has 0 aromatic heterocycles. The molecule has 0 aliphatic heterocycles. The van der Waals surface area contributed by atoms with E-state index >= 15 is 0 Å². The topological polar surface area (TPSA) is 87.5 Å². The molecular weight excluding hydrogens is 280 g/mol. The number of nitriles is 1. The fourth-order valence-electron chi connectivity index (χ4n) is 1.49. The molecule has 0 aliphatic rings. The molecule has 0 spiro atoms. The van der Waals surface area contributed by atoms with Crippen LogP contribution >= 0.6 is 0 Å². The van der Waals surface area contributed by atoms with Crippen molar-refractivity contribution in [2.24, 2.45) is 0 Å². The lowest BCUT2D eigenvalue weighted by atomic mass is 10.2. The number of ether oxygens (including phenoxy) is 1. The third kappa shape index (κ3) is 4.64. The molecule has 0 unspecified atom stereocenters. The molecule has 0 saturated carbocycles. The van der Waals surface area contributed by atoms with E-state index in [2.05, 4.69) is 4.74 Å². The Balaban J connectivity index is 2.65. The van der Waals surface area contributed by atoms with Gasteiger partial charge in [0.25, 0.3) is 0 Å². The van der Waals surface area contributed by atoms with Gasteiger partial charge in [0.1, 0.15) is 0 Å². The van der Waals surface area contributed by atoms with Crippen molar-refractivity contribution in [1.82, 2.24) is 4.90 Å². The molecule has 0 bridgehead atoms. The first-order valence-electron chi connectivity index (χ1n) is 5.87. The Morgan fingerprint density at radius 1 is 1.35 bits per heavy atom. The van der Waals surface area contributed by atoms with E-state index in [1.807, 2.05) is 6.07 Å². The zero-order chi connectivity index (χ0) is 15.2. The minimum Gasteiger partial charge on any atom is -0.468 e. The number of nitrogens with zero attached hydrogens (tertiary/aromatic N) is 2. The summed E-state index contributed by atoms with van der Waals surface area (Å²) >= 11 is 0. The van der Waals surface area contributed by atoms with Gasteiger partial charge in [-0.3, -0.25) is 9.69 Å². The van der Waals surface area contributed by atoms with Gasteiger partial charge in [-0.05, 0) is 31.3 Å². The molecule has 0 amide bonds. The van der Waals surface area contributed by atoms with Crippen LogP contribution in [0.4, 0.5) is 0 Å². The fourth-order valence-corrected chi connectivity index (χ4v) is 2.83. The van der Waals surface area contributed by atoms with E-state index in [4.69, 9.17) is 5.26 Å². The second-order valence-corrected chi connectivity index (χ2v) is 6.38. The van der Waals surface area contributed by atoms with Crippen molar-refractivity contribution < 1.29 is 17.9 Å². The third-order valence-electron chi connectivity index (χ3n) is 2.71. The molecule has 0 radical (unpaired) electrons. The van der Waals surface area contributed by atoms with E-state index in [1.54, 1.807) is 11.9 Å². The highest BCUT2D eigenvalue weighted by Crippen LogP contribution is 2.12. The SMILES string of the molecule is COC(=O)CN(C)CCS(=O)(=O)c1ccc(C#N)cc1. The molecule has 0 N–H and O–H groups in total. The number of hydrogen-bond donors (Lipinski definition) is 0. The first-order chi connectivity index (χ1) is 9.39. The quantitative estimate of drug-likeness (QED) is 0.708. The van der Waals surface area contributed by atoms with Crippen molar-refractivity contribution in [2.75, 3.05) is 33.0 Å². The number of rotatable bonds is 6. The van der Waals surface area contributed by atoms with Crippen molar-refractivity contribution in [3.8, 4) is 6.07 Å². The third-order valence-corrected chi connectivity index (χ3v) is 4.42. The highest BCUT2D eigenvalue weighted by atomic mass is 32.2. The van der Waals surface area contributed by atoms with Gasteiger partial charge in [-0.1, -0.05) is 0 Å². The van der Waals surface area contributed by atoms with Crippen LogP contribution in [0.25, 0.3) is 0 Å². The lowest BCUT2D eigenvalue weighted by Gasteiger charge is -2.14. The number of esters is 1. The number of sulfone groups is 1. The van der Waals surface area contributed by atoms with Crippen molar-refractivity contribution in [3.05, 3.63) is 29.8 Å². The predicted octanol–water partition coefficient (Wildman–Crippen LogP) is 0.437. The fraction of sp³-hybridized carbons (Fsp3) is 0.385. The maximum absolute atomic E-state index is 12.1.